The second-order valence-electron chi connectivity index (χ2n) is 8.44. The van der Waals surface area contributed by atoms with Crippen LogP contribution < -0.4 is 15.0 Å². The van der Waals surface area contributed by atoms with Crippen LogP contribution in [0.1, 0.15) is 53.6 Å². The lowest BCUT2D eigenvalue weighted by atomic mass is 10.0. The molecule has 2 aromatic heterocycles. The maximum Gasteiger partial charge on any atom is 0.259 e. The van der Waals surface area contributed by atoms with Crippen molar-refractivity contribution in [2.24, 2.45) is 0 Å². The second-order valence-corrected chi connectivity index (χ2v) is 9.52. The van der Waals surface area contributed by atoms with Gasteiger partial charge in [0.05, 0.1) is 25.1 Å². The van der Waals surface area contributed by atoms with Crippen molar-refractivity contribution in [3.8, 4) is 11.5 Å². The molecular formula is C23H25N3O3S. The lowest BCUT2D eigenvalue weighted by molar-refractivity contribution is 0.241. The highest BCUT2D eigenvalue weighted by Crippen LogP contribution is 2.39. The van der Waals surface area contributed by atoms with Crippen molar-refractivity contribution in [2.75, 3.05) is 19.8 Å². The second kappa shape index (κ2) is 7.39. The molecule has 0 spiro atoms. The fraction of sp³-hybridized carbons (Fsp3) is 0.478. The van der Waals surface area contributed by atoms with Gasteiger partial charge in [-0.3, -0.25) is 9.69 Å². The molecule has 2 aliphatic heterocycles. The van der Waals surface area contributed by atoms with Crippen molar-refractivity contribution in [1.82, 2.24) is 14.9 Å². The number of benzene rings is 1. The molecular weight excluding hydrogens is 398 g/mol. The molecule has 4 heterocycles. The Labute approximate surface area is 178 Å². The number of nitrogens with one attached hydrogen (secondary N) is 1. The van der Waals surface area contributed by atoms with E-state index in [4.69, 9.17) is 14.5 Å². The Morgan fingerprint density at radius 2 is 2.03 bits per heavy atom. The fourth-order valence-corrected chi connectivity index (χ4v) is 6.38. The smallest absolute Gasteiger partial charge is 0.259 e. The number of hydrogen-bond donors (Lipinski definition) is 1. The van der Waals surface area contributed by atoms with Crippen molar-refractivity contribution in [2.45, 2.75) is 51.1 Å². The third-order valence-electron chi connectivity index (χ3n) is 6.50. The van der Waals surface area contributed by atoms with E-state index in [-0.39, 0.29) is 5.56 Å². The monoisotopic (exact) mass is 423 g/mol. The average molecular weight is 424 g/mol. The first kappa shape index (κ1) is 18.4. The molecule has 1 N–H and O–H groups in total. The SMILES string of the molecule is O=c1[nH]c(CN2CCC[C@@H]2c2ccc3c(c2)OCCCO3)nc2sc3c(c12)CCC3. The maximum atomic E-state index is 12.8. The molecule has 0 saturated carbocycles. The van der Waals surface area contributed by atoms with Gasteiger partial charge < -0.3 is 14.5 Å². The van der Waals surface area contributed by atoms with E-state index in [2.05, 4.69) is 22.0 Å². The molecule has 6 nitrogen and oxygen atoms in total. The third kappa shape index (κ3) is 3.11. The summed E-state index contributed by atoms with van der Waals surface area (Å²) in [6.45, 7) is 3.06. The number of nitrogens with zero attached hydrogens (tertiary/aromatic N) is 2. The zero-order valence-corrected chi connectivity index (χ0v) is 17.7. The third-order valence-corrected chi connectivity index (χ3v) is 7.68. The number of aromatic amines is 1. The van der Waals surface area contributed by atoms with Crippen LogP contribution in [0, 0.1) is 0 Å². The first-order valence-corrected chi connectivity index (χ1v) is 11.7. The van der Waals surface area contributed by atoms with Crippen LogP contribution in [-0.4, -0.2) is 34.6 Å². The van der Waals surface area contributed by atoms with Crippen LogP contribution in [0.5, 0.6) is 11.5 Å². The maximum absolute atomic E-state index is 12.8. The van der Waals surface area contributed by atoms with Crippen LogP contribution in [0.25, 0.3) is 10.2 Å². The van der Waals surface area contributed by atoms with Gasteiger partial charge in [0.15, 0.2) is 11.5 Å². The summed E-state index contributed by atoms with van der Waals surface area (Å²) in [4.78, 5) is 25.4. The lowest BCUT2D eigenvalue weighted by Gasteiger charge is -2.25. The summed E-state index contributed by atoms with van der Waals surface area (Å²) in [5.41, 5.74) is 2.51. The number of H-pyrrole nitrogens is 1. The normalized spacial score (nSPS) is 21.1. The molecule has 30 heavy (non-hydrogen) atoms. The molecule has 6 rings (SSSR count). The Morgan fingerprint density at radius 3 is 2.97 bits per heavy atom. The number of fused-ring (bicyclic) bond motifs is 4. The zero-order chi connectivity index (χ0) is 20.1. The Balaban J connectivity index is 1.28. The Hall–Kier alpha value is -2.38. The summed E-state index contributed by atoms with van der Waals surface area (Å²) in [5.74, 6) is 2.45. The van der Waals surface area contributed by atoms with Gasteiger partial charge in [0.2, 0.25) is 0 Å². The summed E-state index contributed by atoms with van der Waals surface area (Å²) in [7, 11) is 0. The van der Waals surface area contributed by atoms with E-state index in [1.165, 1.54) is 16.0 Å². The first-order chi connectivity index (χ1) is 14.8. The van der Waals surface area contributed by atoms with Crippen LogP contribution in [0.2, 0.25) is 0 Å². The lowest BCUT2D eigenvalue weighted by Crippen LogP contribution is -2.25. The van der Waals surface area contributed by atoms with Crippen molar-refractivity contribution in [1.29, 1.82) is 0 Å². The molecule has 0 amide bonds. The molecule has 156 valence electrons. The van der Waals surface area contributed by atoms with E-state index in [9.17, 15) is 4.79 Å². The minimum atomic E-state index is 0.0285. The summed E-state index contributed by atoms with van der Waals surface area (Å²) in [5, 5.41) is 0.831. The minimum absolute atomic E-state index is 0.0285. The largest absolute Gasteiger partial charge is 0.490 e. The van der Waals surface area contributed by atoms with Crippen LogP contribution in [0.15, 0.2) is 23.0 Å². The standard InChI is InChI=1S/C23H25N3O3S/c27-22-21-15-4-1-6-19(15)30-23(21)25-20(24-22)13-26-9-2-5-16(26)14-7-8-17-18(12-14)29-11-3-10-28-17/h7-8,12,16H,1-6,9-11,13H2,(H,24,25,27)/t16-/m1/s1. The van der Waals surface area contributed by atoms with Gasteiger partial charge in [-0.15, -0.1) is 11.3 Å². The number of aromatic nitrogens is 2. The van der Waals surface area contributed by atoms with E-state index in [0.29, 0.717) is 25.8 Å². The number of hydrogen-bond acceptors (Lipinski definition) is 6. The highest BCUT2D eigenvalue weighted by molar-refractivity contribution is 7.18. The molecule has 1 aliphatic carbocycles. The molecule has 1 saturated heterocycles. The van der Waals surface area contributed by atoms with Crippen molar-refractivity contribution < 1.29 is 9.47 Å². The van der Waals surface area contributed by atoms with Crippen LogP contribution >= 0.6 is 11.3 Å². The molecule has 3 aliphatic rings. The van der Waals surface area contributed by atoms with Gasteiger partial charge in [0, 0.05) is 17.3 Å². The van der Waals surface area contributed by atoms with Gasteiger partial charge in [-0.1, -0.05) is 6.07 Å². The topological polar surface area (TPSA) is 67.5 Å². The first-order valence-electron chi connectivity index (χ1n) is 10.9. The minimum Gasteiger partial charge on any atom is -0.490 e. The van der Waals surface area contributed by atoms with Gasteiger partial charge in [0.1, 0.15) is 10.7 Å². The molecule has 7 heteroatoms. The van der Waals surface area contributed by atoms with E-state index in [0.717, 1.165) is 72.6 Å². The predicted molar refractivity (Wildman–Crippen MR) is 117 cm³/mol. The molecule has 1 fully saturated rings. The van der Waals surface area contributed by atoms with Crippen molar-refractivity contribution >= 4 is 21.6 Å². The Morgan fingerprint density at radius 1 is 1.13 bits per heavy atom. The highest BCUT2D eigenvalue weighted by Gasteiger charge is 2.28. The molecule has 1 atom stereocenters. The molecule has 0 unspecified atom stereocenters. The molecule has 0 bridgehead atoms. The van der Waals surface area contributed by atoms with Gasteiger partial charge in [0.25, 0.3) is 5.56 Å². The number of ether oxygens (including phenoxy) is 2. The van der Waals surface area contributed by atoms with Crippen molar-refractivity contribution in [3.63, 3.8) is 0 Å². The highest BCUT2D eigenvalue weighted by atomic mass is 32.1. The van der Waals surface area contributed by atoms with E-state index in [1.807, 2.05) is 6.07 Å². The summed E-state index contributed by atoms with van der Waals surface area (Å²) in [6, 6.07) is 6.62. The van der Waals surface area contributed by atoms with Gasteiger partial charge >= 0.3 is 0 Å². The number of likely N-dealkylation sites (tertiary alicyclic amines) is 1. The number of aryl methyl sites for hydroxylation is 2. The van der Waals surface area contributed by atoms with E-state index < -0.39 is 0 Å². The predicted octanol–water partition coefficient (Wildman–Crippen LogP) is 3.97. The van der Waals surface area contributed by atoms with Crippen molar-refractivity contribution in [3.05, 3.63) is 50.4 Å². The average Bonchev–Trinajstić information content (AvgIpc) is 3.40. The quantitative estimate of drug-likeness (QED) is 0.690. The van der Waals surface area contributed by atoms with Crippen LogP contribution in [0.4, 0.5) is 0 Å². The fourth-order valence-electron chi connectivity index (χ4n) is 5.09. The van der Waals surface area contributed by atoms with Crippen LogP contribution in [-0.2, 0) is 19.4 Å². The van der Waals surface area contributed by atoms with Gasteiger partial charge in [-0.25, -0.2) is 4.98 Å². The molecule has 3 aromatic rings. The summed E-state index contributed by atoms with van der Waals surface area (Å²) >= 11 is 1.71. The summed E-state index contributed by atoms with van der Waals surface area (Å²) in [6.07, 6.45) is 6.40. The van der Waals surface area contributed by atoms with Crippen LogP contribution in [0.3, 0.4) is 0 Å². The molecule has 0 radical (unpaired) electrons. The van der Waals surface area contributed by atoms with E-state index in [1.54, 1.807) is 11.3 Å². The zero-order valence-electron chi connectivity index (χ0n) is 16.9. The summed E-state index contributed by atoms with van der Waals surface area (Å²) < 4.78 is 11.7. The van der Waals surface area contributed by atoms with E-state index >= 15 is 0 Å². The Bertz CT molecular complexity index is 1170. The van der Waals surface area contributed by atoms with Gasteiger partial charge in [-0.2, -0.15) is 0 Å². The Kier molecular flexibility index (Phi) is 4.53. The number of thiophene rings is 1. The molecule has 1 aromatic carbocycles. The number of rotatable bonds is 3. The van der Waals surface area contributed by atoms with Gasteiger partial charge in [-0.05, 0) is 61.9 Å².